The SMILES string of the molecule is CC(C)(C)c1cc(C2CC(=O)NCc3nc4ccccn4c32)[nH]n1. The summed E-state index contributed by atoms with van der Waals surface area (Å²) in [5.74, 6) is -0.0434. The molecule has 1 atom stereocenters. The van der Waals surface area contributed by atoms with E-state index in [9.17, 15) is 4.79 Å². The molecule has 6 heteroatoms. The molecule has 4 heterocycles. The van der Waals surface area contributed by atoms with E-state index in [0.717, 1.165) is 28.4 Å². The van der Waals surface area contributed by atoms with Crippen molar-refractivity contribution in [2.45, 2.75) is 45.1 Å². The summed E-state index contributed by atoms with van der Waals surface area (Å²) in [5.41, 5.74) is 4.81. The van der Waals surface area contributed by atoms with Crippen molar-refractivity contribution in [3.63, 3.8) is 0 Å². The second-order valence-corrected chi connectivity index (χ2v) is 7.36. The van der Waals surface area contributed by atoms with Crippen molar-refractivity contribution in [3.8, 4) is 0 Å². The predicted octanol–water partition coefficient (Wildman–Crippen LogP) is 2.51. The molecule has 0 aromatic carbocycles. The van der Waals surface area contributed by atoms with Gasteiger partial charge in [-0.3, -0.25) is 9.89 Å². The van der Waals surface area contributed by atoms with Gasteiger partial charge in [0.2, 0.25) is 5.91 Å². The van der Waals surface area contributed by atoms with Crippen LogP contribution in [-0.4, -0.2) is 25.5 Å². The standard InChI is InChI=1S/C18H21N5O/c1-18(2,3)14-9-12(21-22-14)11-8-16(24)19-10-13-17(11)23-7-5-4-6-15(23)20-13/h4-7,9,11H,8,10H2,1-3H3,(H,19,24)(H,21,22). The van der Waals surface area contributed by atoms with Gasteiger partial charge in [0.05, 0.1) is 29.5 Å². The molecule has 3 aromatic rings. The maximum Gasteiger partial charge on any atom is 0.221 e. The molecule has 1 unspecified atom stereocenters. The van der Waals surface area contributed by atoms with E-state index in [4.69, 9.17) is 4.98 Å². The number of fused-ring (bicyclic) bond motifs is 3. The van der Waals surface area contributed by atoms with Gasteiger partial charge in [-0.05, 0) is 18.2 Å². The molecule has 1 amide bonds. The first kappa shape index (κ1) is 14.9. The average molecular weight is 323 g/mol. The lowest BCUT2D eigenvalue weighted by molar-refractivity contribution is -0.121. The van der Waals surface area contributed by atoms with Crippen LogP contribution in [0.3, 0.4) is 0 Å². The number of imidazole rings is 1. The Hall–Kier alpha value is -2.63. The summed E-state index contributed by atoms with van der Waals surface area (Å²) in [7, 11) is 0. The average Bonchev–Trinajstić information content (AvgIpc) is 3.12. The number of aromatic amines is 1. The van der Waals surface area contributed by atoms with Gasteiger partial charge in [-0.1, -0.05) is 26.8 Å². The summed E-state index contributed by atoms with van der Waals surface area (Å²) in [4.78, 5) is 16.9. The Bertz CT molecular complexity index is 915. The van der Waals surface area contributed by atoms with Crippen LogP contribution in [-0.2, 0) is 16.8 Å². The first-order valence-corrected chi connectivity index (χ1v) is 8.22. The zero-order valence-corrected chi connectivity index (χ0v) is 14.1. The molecule has 0 saturated heterocycles. The fraction of sp³-hybridized carbons (Fsp3) is 0.389. The number of hydrogen-bond donors (Lipinski definition) is 2. The monoisotopic (exact) mass is 323 g/mol. The van der Waals surface area contributed by atoms with E-state index in [2.05, 4.69) is 46.8 Å². The van der Waals surface area contributed by atoms with Crippen molar-refractivity contribution in [3.05, 3.63) is 53.2 Å². The van der Waals surface area contributed by atoms with Crippen molar-refractivity contribution < 1.29 is 4.79 Å². The van der Waals surface area contributed by atoms with Gasteiger partial charge in [0, 0.05) is 23.7 Å². The third kappa shape index (κ3) is 2.38. The smallest absolute Gasteiger partial charge is 0.221 e. The number of pyridine rings is 1. The fourth-order valence-electron chi connectivity index (χ4n) is 3.26. The van der Waals surface area contributed by atoms with E-state index in [1.165, 1.54) is 0 Å². The first-order chi connectivity index (χ1) is 11.4. The quantitative estimate of drug-likeness (QED) is 0.722. The lowest BCUT2D eigenvalue weighted by Crippen LogP contribution is -2.21. The molecule has 124 valence electrons. The Morgan fingerprint density at radius 2 is 2.12 bits per heavy atom. The zero-order valence-electron chi connectivity index (χ0n) is 14.1. The maximum atomic E-state index is 12.2. The van der Waals surface area contributed by atoms with E-state index < -0.39 is 0 Å². The summed E-state index contributed by atoms with van der Waals surface area (Å²) in [6.45, 7) is 6.86. The Morgan fingerprint density at radius 3 is 2.88 bits per heavy atom. The molecule has 2 N–H and O–H groups in total. The molecule has 0 fully saturated rings. The van der Waals surface area contributed by atoms with Crippen molar-refractivity contribution >= 4 is 11.6 Å². The highest BCUT2D eigenvalue weighted by Crippen LogP contribution is 2.33. The van der Waals surface area contributed by atoms with Crippen LogP contribution in [0.25, 0.3) is 5.65 Å². The normalized spacial score (nSPS) is 18.3. The largest absolute Gasteiger partial charge is 0.350 e. The molecular formula is C18H21N5O. The molecule has 24 heavy (non-hydrogen) atoms. The van der Waals surface area contributed by atoms with Gasteiger partial charge < -0.3 is 9.72 Å². The van der Waals surface area contributed by atoms with Crippen LogP contribution >= 0.6 is 0 Å². The predicted molar refractivity (Wildman–Crippen MR) is 90.8 cm³/mol. The number of nitrogens with one attached hydrogen (secondary N) is 2. The summed E-state index contributed by atoms with van der Waals surface area (Å²) in [5, 5.41) is 10.6. The van der Waals surface area contributed by atoms with Crippen molar-refractivity contribution in [2.75, 3.05) is 0 Å². The highest BCUT2D eigenvalue weighted by atomic mass is 16.1. The maximum absolute atomic E-state index is 12.2. The number of rotatable bonds is 1. The third-order valence-corrected chi connectivity index (χ3v) is 4.56. The number of hydrogen-bond acceptors (Lipinski definition) is 3. The van der Waals surface area contributed by atoms with E-state index >= 15 is 0 Å². The molecule has 1 aliphatic rings. The van der Waals surface area contributed by atoms with E-state index in [1.54, 1.807) is 0 Å². The topological polar surface area (TPSA) is 75.1 Å². The molecule has 0 aliphatic carbocycles. The molecule has 0 spiro atoms. The lowest BCUT2D eigenvalue weighted by Gasteiger charge is -2.15. The minimum absolute atomic E-state index is 0.0367. The van der Waals surface area contributed by atoms with Gasteiger partial charge in [-0.2, -0.15) is 5.10 Å². The second kappa shape index (κ2) is 5.19. The van der Waals surface area contributed by atoms with E-state index in [0.29, 0.717) is 13.0 Å². The molecule has 4 rings (SSSR count). The van der Waals surface area contributed by atoms with Gasteiger partial charge in [0.15, 0.2) is 0 Å². The number of nitrogens with zero attached hydrogens (tertiary/aromatic N) is 3. The summed E-state index contributed by atoms with van der Waals surface area (Å²) in [6.07, 6.45) is 2.40. The summed E-state index contributed by atoms with van der Waals surface area (Å²) in [6, 6.07) is 8.03. The summed E-state index contributed by atoms with van der Waals surface area (Å²) >= 11 is 0. The van der Waals surface area contributed by atoms with Gasteiger partial charge >= 0.3 is 0 Å². The molecular weight excluding hydrogens is 302 g/mol. The van der Waals surface area contributed by atoms with Gasteiger partial charge in [-0.15, -0.1) is 0 Å². The Morgan fingerprint density at radius 1 is 1.29 bits per heavy atom. The molecule has 1 aliphatic heterocycles. The van der Waals surface area contributed by atoms with Crippen LogP contribution in [0.15, 0.2) is 30.5 Å². The van der Waals surface area contributed by atoms with Crippen LogP contribution in [0.4, 0.5) is 0 Å². The van der Waals surface area contributed by atoms with Gasteiger partial charge in [0.25, 0.3) is 0 Å². The minimum atomic E-state index is -0.0801. The van der Waals surface area contributed by atoms with Crippen LogP contribution in [0.2, 0.25) is 0 Å². The van der Waals surface area contributed by atoms with Crippen LogP contribution in [0.1, 0.15) is 55.9 Å². The van der Waals surface area contributed by atoms with Gasteiger partial charge in [0.1, 0.15) is 5.65 Å². The fourth-order valence-corrected chi connectivity index (χ4v) is 3.26. The van der Waals surface area contributed by atoms with E-state index in [1.807, 2.05) is 24.4 Å². The summed E-state index contributed by atoms with van der Waals surface area (Å²) < 4.78 is 2.08. The Labute approximate surface area is 140 Å². The number of aromatic nitrogens is 4. The number of H-pyrrole nitrogens is 1. The van der Waals surface area contributed by atoms with E-state index in [-0.39, 0.29) is 17.2 Å². The van der Waals surface area contributed by atoms with Gasteiger partial charge in [-0.25, -0.2) is 4.98 Å². The Balaban J connectivity index is 1.88. The second-order valence-electron chi connectivity index (χ2n) is 7.36. The molecule has 0 radical (unpaired) electrons. The lowest BCUT2D eigenvalue weighted by atomic mass is 9.90. The minimum Gasteiger partial charge on any atom is -0.350 e. The van der Waals surface area contributed by atoms with Crippen molar-refractivity contribution in [2.24, 2.45) is 0 Å². The van der Waals surface area contributed by atoms with Crippen LogP contribution < -0.4 is 5.32 Å². The highest BCUT2D eigenvalue weighted by Gasteiger charge is 2.31. The van der Waals surface area contributed by atoms with Crippen LogP contribution in [0, 0.1) is 0 Å². The van der Waals surface area contributed by atoms with Crippen LogP contribution in [0.5, 0.6) is 0 Å². The van der Waals surface area contributed by atoms with Crippen molar-refractivity contribution in [1.82, 2.24) is 24.9 Å². The highest BCUT2D eigenvalue weighted by molar-refractivity contribution is 5.78. The van der Waals surface area contributed by atoms with Crippen molar-refractivity contribution in [1.29, 1.82) is 0 Å². The third-order valence-electron chi connectivity index (χ3n) is 4.56. The number of carbonyl (C=O) groups is 1. The first-order valence-electron chi connectivity index (χ1n) is 8.22. The number of amides is 1. The molecule has 0 saturated carbocycles. The zero-order chi connectivity index (χ0) is 16.9. The molecule has 6 nitrogen and oxygen atoms in total. The number of carbonyl (C=O) groups excluding carboxylic acids is 1. The molecule has 3 aromatic heterocycles. The Kier molecular flexibility index (Phi) is 3.23. The molecule has 0 bridgehead atoms.